The molecule has 0 saturated heterocycles. The van der Waals surface area contributed by atoms with Gasteiger partial charge < -0.3 is 14.4 Å². The van der Waals surface area contributed by atoms with Crippen molar-refractivity contribution in [1.82, 2.24) is 9.96 Å². The van der Waals surface area contributed by atoms with Crippen molar-refractivity contribution in [2.24, 2.45) is 0 Å². The molecule has 0 aromatic heterocycles. The summed E-state index contributed by atoms with van der Waals surface area (Å²) in [5.74, 6) is -0.0209. The van der Waals surface area contributed by atoms with Crippen LogP contribution in [0.3, 0.4) is 0 Å². The molecule has 8 nitrogen and oxygen atoms in total. The minimum atomic E-state index is -0.0401. The summed E-state index contributed by atoms with van der Waals surface area (Å²) in [6, 6.07) is 0. The third-order valence-electron chi connectivity index (χ3n) is 11.0. The van der Waals surface area contributed by atoms with Crippen LogP contribution >= 0.6 is 0 Å². The summed E-state index contributed by atoms with van der Waals surface area (Å²) in [5, 5.41) is 1.32. The van der Waals surface area contributed by atoms with Crippen molar-refractivity contribution in [2.75, 3.05) is 40.4 Å². The van der Waals surface area contributed by atoms with E-state index in [-0.39, 0.29) is 23.9 Å². The first-order chi connectivity index (χ1) is 26.9. The van der Waals surface area contributed by atoms with Crippen LogP contribution < -0.4 is 0 Å². The highest BCUT2D eigenvalue weighted by atomic mass is 16.7. The van der Waals surface area contributed by atoms with Crippen molar-refractivity contribution < 1.29 is 28.7 Å². The van der Waals surface area contributed by atoms with Crippen molar-refractivity contribution in [3.63, 3.8) is 0 Å². The molecule has 0 rings (SSSR count). The van der Waals surface area contributed by atoms with E-state index in [1.165, 1.54) is 115 Å². The molecule has 1 unspecified atom stereocenters. The van der Waals surface area contributed by atoms with E-state index in [1.807, 2.05) is 0 Å². The van der Waals surface area contributed by atoms with Crippen LogP contribution in [0.25, 0.3) is 0 Å². The number of nitrogens with zero attached hydrogens (tertiary/aromatic N) is 2. The Labute approximate surface area is 341 Å². The zero-order valence-corrected chi connectivity index (χ0v) is 37.3. The van der Waals surface area contributed by atoms with Crippen LogP contribution in [-0.4, -0.2) is 74.3 Å². The number of unbranched alkanes of at least 4 members (excludes halogenated alkanes) is 23. The van der Waals surface area contributed by atoms with E-state index in [2.05, 4.69) is 25.7 Å². The molecule has 1 atom stereocenters. The molecule has 0 N–H and O–H groups in total. The van der Waals surface area contributed by atoms with Crippen molar-refractivity contribution >= 4 is 17.8 Å². The lowest BCUT2D eigenvalue weighted by atomic mass is 10.0. The SMILES string of the molecule is CCCCCCCCCOC(=O)CCCCCCCN(CCCCCCCC(=O)OC(CCCCCCC)CCCCCCCC)CCCC(=O)N(C)OC. The van der Waals surface area contributed by atoms with Crippen molar-refractivity contribution in [2.45, 2.75) is 245 Å². The van der Waals surface area contributed by atoms with Gasteiger partial charge in [0.25, 0.3) is 0 Å². The van der Waals surface area contributed by atoms with Crippen molar-refractivity contribution in [1.29, 1.82) is 0 Å². The molecular weight excluding hydrogens is 689 g/mol. The Morgan fingerprint density at radius 1 is 0.455 bits per heavy atom. The second-order valence-corrected chi connectivity index (χ2v) is 16.3. The Kier molecular flexibility index (Phi) is 40.7. The highest BCUT2D eigenvalue weighted by Gasteiger charge is 2.15. The third-order valence-corrected chi connectivity index (χ3v) is 11.0. The molecule has 326 valence electrons. The number of rotatable bonds is 43. The topological polar surface area (TPSA) is 85.4 Å². The predicted molar refractivity (Wildman–Crippen MR) is 231 cm³/mol. The number of hydrogen-bond acceptors (Lipinski definition) is 7. The molecule has 0 saturated carbocycles. The second-order valence-electron chi connectivity index (χ2n) is 16.3. The van der Waals surface area contributed by atoms with Crippen LogP contribution in [0.5, 0.6) is 0 Å². The minimum absolute atomic E-state index is 0.00289. The molecule has 0 aromatic rings. The fraction of sp³-hybridized carbons (Fsp3) is 0.936. The molecule has 0 aliphatic heterocycles. The Morgan fingerprint density at radius 2 is 0.855 bits per heavy atom. The molecule has 8 heteroatoms. The van der Waals surface area contributed by atoms with Gasteiger partial charge in [-0.2, -0.15) is 0 Å². The Bertz CT molecular complexity index is 855. The normalized spacial score (nSPS) is 12.0. The highest BCUT2D eigenvalue weighted by Crippen LogP contribution is 2.18. The fourth-order valence-electron chi connectivity index (χ4n) is 7.27. The third kappa shape index (κ3) is 37.7. The molecule has 0 spiro atoms. The molecule has 1 amide bonds. The monoisotopic (exact) mass is 781 g/mol. The Morgan fingerprint density at radius 3 is 1.35 bits per heavy atom. The van der Waals surface area contributed by atoms with Crippen LogP contribution in [0.2, 0.25) is 0 Å². The number of hydroxylamine groups is 2. The maximum absolute atomic E-state index is 12.8. The number of amides is 1. The number of esters is 2. The largest absolute Gasteiger partial charge is 0.466 e. The average Bonchev–Trinajstić information content (AvgIpc) is 3.18. The van der Waals surface area contributed by atoms with Crippen molar-refractivity contribution in [3.8, 4) is 0 Å². The number of hydrogen-bond donors (Lipinski definition) is 0. The number of ether oxygens (including phenoxy) is 2. The van der Waals surface area contributed by atoms with Crippen molar-refractivity contribution in [3.05, 3.63) is 0 Å². The van der Waals surface area contributed by atoms with E-state index in [9.17, 15) is 14.4 Å². The summed E-state index contributed by atoms with van der Waals surface area (Å²) < 4.78 is 11.5. The summed E-state index contributed by atoms with van der Waals surface area (Å²) in [4.78, 5) is 44.7. The molecular formula is C47H92N2O6. The first kappa shape index (κ1) is 53.3. The summed E-state index contributed by atoms with van der Waals surface area (Å²) in [5.41, 5.74) is 0. The summed E-state index contributed by atoms with van der Waals surface area (Å²) >= 11 is 0. The summed E-state index contributed by atoms with van der Waals surface area (Å²) in [6.07, 6.45) is 37.9. The summed E-state index contributed by atoms with van der Waals surface area (Å²) in [6.45, 7) is 10.3. The first-order valence-electron chi connectivity index (χ1n) is 23.8. The lowest BCUT2D eigenvalue weighted by Crippen LogP contribution is -2.30. The van der Waals surface area contributed by atoms with Gasteiger partial charge in [-0.15, -0.1) is 0 Å². The molecule has 0 aromatic carbocycles. The van der Waals surface area contributed by atoms with Crippen LogP contribution in [0.4, 0.5) is 0 Å². The van der Waals surface area contributed by atoms with Gasteiger partial charge >= 0.3 is 11.9 Å². The van der Waals surface area contributed by atoms with Gasteiger partial charge in [0.2, 0.25) is 5.91 Å². The molecule has 0 bridgehead atoms. The quantitative estimate of drug-likeness (QED) is 0.0346. The van der Waals surface area contributed by atoms with E-state index in [0.717, 1.165) is 116 Å². The van der Waals surface area contributed by atoms with Crippen LogP contribution in [0, 0.1) is 0 Å². The lowest BCUT2D eigenvalue weighted by Gasteiger charge is -2.23. The van der Waals surface area contributed by atoms with Gasteiger partial charge in [-0.3, -0.25) is 19.2 Å². The maximum atomic E-state index is 12.8. The maximum Gasteiger partial charge on any atom is 0.306 e. The van der Waals surface area contributed by atoms with E-state index in [1.54, 1.807) is 7.05 Å². The lowest BCUT2D eigenvalue weighted by molar-refractivity contribution is -0.168. The van der Waals surface area contributed by atoms with E-state index < -0.39 is 0 Å². The van der Waals surface area contributed by atoms with Gasteiger partial charge in [0, 0.05) is 26.3 Å². The van der Waals surface area contributed by atoms with Crippen LogP contribution in [0.1, 0.15) is 239 Å². The number of carbonyl (C=O) groups is 3. The second kappa shape index (κ2) is 41.9. The molecule has 55 heavy (non-hydrogen) atoms. The molecule has 0 aliphatic carbocycles. The van der Waals surface area contributed by atoms with Gasteiger partial charge in [0.05, 0.1) is 13.7 Å². The fourth-order valence-corrected chi connectivity index (χ4v) is 7.27. The smallest absolute Gasteiger partial charge is 0.306 e. The zero-order valence-electron chi connectivity index (χ0n) is 37.3. The van der Waals surface area contributed by atoms with Gasteiger partial charge in [-0.05, 0) is 83.8 Å². The summed E-state index contributed by atoms with van der Waals surface area (Å²) in [7, 11) is 3.19. The van der Waals surface area contributed by atoms with E-state index >= 15 is 0 Å². The molecule has 0 aliphatic rings. The van der Waals surface area contributed by atoms with E-state index in [4.69, 9.17) is 14.3 Å². The van der Waals surface area contributed by atoms with Crippen LogP contribution in [0.15, 0.2) is 0 Å². The van der Waals surface area contributed by atoms with Gasteiger partial charge in [-0.25, -0.2) is 5.06 Å². The number of carbonyl (C=O) groups excluding carboxylic acids is 3. The van der Waals surface area contributed by atoms with Gasteiger partial charge in [0.15, 0.2) is 0 Å². The average molecular weight is 781 g/mol. The van der Waals surface area contributed by atoms with E-state index in [0.29, 0.717) is 25.9 Å². The van der Waals surface area contributed by atoms with Gasteiger partial charge in [-0.1, -0.05) is 156 Å². The highest BCUT2D eigenvalue weighted by molar-refractivity contribution is 5.74. The van der Waals surface area contributed by atoms with Crippen LogP contribution in [-0.2, 0) is 28.7 Å². The predicted octanol–water partition coefficient (Wildman–Crippen LogP) is 13.1. The minimum Gasteiger partial charge on any atom is -0.466 e. The molecule has 0 radical (unpaired) electrons. The Balaban J connectivity index is 4.35. The molecule has 0 fully saturated rings. The molecule has 0 heterocycles. The van der Waals surface area contributed by atoms with Gasteiger partial charge in [0.1, 0.15) is 6.10 Å². The Hall–Kier alpha value is -1.67. The standard InChI is InChI=1S/C47H92N2O6/c1-6-9-12-15-17-26-33-43-54-46(51)38-29-22-18-24-31-40-49(42-34-37-45(50)48(4)53-5)41-32-25-19-23-30-39-47(52)55-44(35-27-20-14-11-8-3)36-28-21-16-13-10-7-2/h44H,6-43H2,1-5H3. The first-order valence-corrected chi connectivity index (χ1v) is 23.8. The zero-order chi connectivity index (χ0) is 40.5.